The van der Waals surface area contributed by atoms with E-state index in [0.29, 0.717) is 29.5 Å². The first-order valence-electron chi connectivity index (χ1n) is 11.6. The Labute approximate surface area is 207 Å². The Balaban J connectivity index is 1.52. The topological polar surface area (TPSA) is 50.4 Å². The third-order valence-corrected chi connectivity index (χ3v) is 7.02. The van der Waals surface area contributed by atoms with Gasteiger partial charge in [0.25, 0.3) is 0 Å². The lowest BCUT2D eigenvalue weighted by Crippen LogP contribution is -2.26. The Morgan fingerprint density at radius 1 is 1.00 bits per heavy atom. The van der Waals surface area contributed by atoms with Crippen LogP contribution in [0.25, 0.3) is 0 Å². The molecule has 4 nitrogen and oxygen atoms in total. The molecule has 0 saturated carbocycles. The molecule has 5 rings (SSSR count). The number of carbonyl (C=O) groups excluding carboxylic acids is 1. The zero-order valence-corrected chi connectivity index (χ0v) is 20.5. The van der Waals surface area contributed by atoms with E-state index >= 15 is 0 Å². The van der Waals surface area contributed by atoms with Crippen molar-refractivity contribution >= 4 is 33.1 Å². The van der Waals surface area contributed by atoms with Crippen LogP contribution >= 0.6 is 15.9 Å². The quantitative estimate of drug-likeness (QED) is 0.369. The monoisotopic (exact) mass is 520 g/mol. The fourth-order valence-electron chi connectivity index (χ4n) is 4.73. The number of ketones is 1. The molecule has 0 amide bonds. The second kappa shape index (κ2) is 9.63. The number of fused-ring (bicyclic) bond motifs is 1. The molecule has 2 atom stereocenters. The number of hydrogen-bond donors (Lipinski definition) is 2. The van der Waals surface area contributed by atoms with E-state index in [1.54, 1.807) is 12.1 Å². The third-order valence-electron chi connectivity index (χ3n) is 6.41. The number of rotatable bonds is 5. The van der Waals surface area contributed by atoms with Gasteiger partial charge >= 0.3 is 0 Å². The maximum absolute atomic E-state index is 14.0. The van der Waals surface area contributed by atoms with Gasteiger partial charge in [0.1, 0.15) is 11.6 Å². The van der Waals surface area contributed by atoms with Crippen LogP contribution in [0.4, 0.5) is 15.8 Å². The van der Waals surface area contributed by atoms with E-state index in [0.717, 1.165) is 40.4 Å². The number of hydrogen-bond acceptors (Lipinski definition) is 4. The van der Waals surface area contributed by atoms with Crippen LogP contribution in [0.2, 0.25) is 0 Å². The SMILES string of the molecule is CCCOc1ccc(C2CC(=O)C3=C(C2)Nc2ccccc2NC3c2ccc(F)c(Br)c2)cc1. The van der Waals surface area contributed by atoms with Crippen molar-refractivity contribution in [2.24, 2.45) is 0 Å². The van der Waals surface area contributed by atoms with Gasteiger partial charge in [0.15, 0.2) is 5.78 Å². The summed E-state index contributed by atoms with van der Waals surface area (Å²) in [4.78, 5) is 13.6. The third kappa shape index (κ3) is 4.47. The van der Waals surface area contributed by atoms with Crippen molar-refractivity contribution in [2.45, 2.75) is 38.1 Å². The van der Waals surface area contributed by atoms with E-state index in [1.807, 2.05) is 36.4 Å². The molecule has 0 fully saturated rings. The molecule has 3 aromatic carbocycles. The standard InChI is InChI=1S/C28H26BrFN2O2/c1-2-13-34-20-10-7-17(8-11-20)19-15-25-27(26(33)16-19)28(18-9-12-22(30)21(29)14-18)32-24-6-4-3-5-23(24)31-25/h3-12,14,19,28,31-32H,2,13,15-16H2,1H3. The Morgan fingerprint density at radius 2 is 1.74 bits per heavy atom. The van der Waals surface area contributed by atoms with E-state index in [4.69, 9.17) is 4.74 Å². The summed E-state index contributed by atoms with van der Waals surface area (Å²) in [6.45, 7) is 2.77. The summed E-state index contributed by atoms with van der Waals surface area (Å²) in [7, 11) is 0. The van der Waals surface area contributed by atoms with Crippen LogP contribution in [0.1, 0.15) is 49.3 Å². The van der Waals surface area contributed by atoms with Crippen molar-refractivity contribution in [3.63, 3.8) is 0 Å². The fourth-order valence-corrected chi connectivity index (χ4v) is 5.12. The van der Waals surface area contributed by atoms with Gasteiger partial charge in [-0.25, -0.2) is 4.39 Å². The number of anilines is 2. The first kappa shape index (κ1) is 22.7. The lowest BCUT2D eigenvalue weighted by Gasteiger charge is -2.30. The molecule has 0 bridgehead atoms. The van der Waals surface area contributed by atoms with Crippen LogP contribution < -0.4 is 15.4 Å². The van der Waals surface area contributed by atoms with E-state index in [-0.39, 0.29) is 23.6 Å². The lowest BCUT2D eigenvalue weighted by molar-refractivity contribution is -0.116. The highest BCUT2D eigenvalue weighted by Crippen LogP contribution is 2.44. The summed E-state index contributed by atoms with van der Waals surface area (Å²) in [5.74, 6) is 0.687. The van der Waals surface area contributed by atoms with Crippen molar-refractivity contribution in [2.75, 3.05) is 17.2 Å². The molecule has 2 aliphatic rings. The summed E-state index contributed by atoms with van der Waals surface area (Å²) in [5, 5.41) is 7.08. The normalized spacial score (nSPS) is 19.4. The average Bonchev–Trinajstić information content (AvgIpc) is 3.01. The van der Waals surface area contributed by atoms with Crippen LogP contribution in [0.15, 0.2) is 82.5 Å². The van der Waals surface area contributed by atoms with E-state index in [9.17, 15) is 9.18 Å². The zero-order valence-electron chi connectivity index (χ0n) is 18.9. The highest BCUT2D eigenvalue weighted by atomic mass is 79.9. The number of ether oxygens (including phenoxy) is 1. The predicted molar refractivity (Wildman–Crippen MR) is 137 cm³/mol. The van der Waals surface area contributed by atoms with Gasteiger partial charge in [-0.15, -0.1) is 0 Å². The molecule has 6 heteroatoms. The van der Waals surface area contributed by atoms with Gasteiger partial charge in [0, 0.05) is 17.7 Å². The number of halogens is 2. The number of Topliss-reactive ketones (excluding diaryl/α,β-unsaturated/α-hetero) is 1. The summed E-state index contributed by atoms with van der Waals surface area (Å²) < 4.78 is 20.1. The Hall–Kier alpha value is -3.12. The van der Waals surface area contributed by atoms with E-state index < -0.39 is 0 Å². The van der Waals surface area contributed by atoms with Gasteiger partial charge in [0.2, 0.25) is 0 Å². The molecule has 0 saturated heterocycles. The number of allylic oxidation sites excluding steroid dienone is 1. The first-order valence-corrected chi connectivity index (χ1v) is 12.4. The summed E-state index contributed by atoms with van der Waals surface area (Å²) in [6.07, 6.45) is 2.10. The van der Waals surface area contributed by atoms with Crippen LogP contribution in [0.5, 0.6) is 5.75 Å². The van der Waals surface area contributed by atoms with E-state index in [2.05, 4.69) is 45.6 Å². The minimum atomic E-state index is -0.374. The molecule has 174 valence electrons. The van der Waals surface area contributed by atoms with Gasteiger partial charge in [0.05, 0.1) is 28.5 Å². The Kier molecular flexibility index (Phi) is 6.42. The minimum absolute atomic E-state index is 0.0739. The predicted octanol–water partition coefficient (Wildman–Crippen LogP) is 7.36. The summed E-state index contributed by atoms with van der Waals surface area (Å²) >= 11 is 3.30. The highest BCUT2D eigenvalue weighted by molar-refractivity contribution is 9.10. The van der Waals surface area contributed by atoms with Crippen molar-refractivity contribution in [1.29, 1.82) is 0 Å². The maximum Gasteiger partial charge on any atom is 0.163 e. The molecular formula is C28H26BrFN2O2. The number of benzene rings is 3. The second-order valence-corrected chi connectivity index (χ2v) is 9.61. The largest absolute Gasteiger partial charge is 0.494 e. The average molecular weight is 521 g/mol. The van der Waals surface area contributed by atoms with Gasteiger partial charge in [-0.3, -0.25) is 4.79 Å². The lowest BCUT2D eigenvalue weighted by atomic mass is 9.78. The van der Waals surface area contributed by atoms with Gasteiger partial charge in [-0.1, -0.05) is 37.3 Å². The highest BCUT2D eigenvalue weighted by Gasteiger charge is 2.36. The smallest absolute Gasteiger partial charge is 0.163 e. The molecule has 1 aliphatic carbocycles. The molecule has 2 N–H and O–H groups in total. The molecule has 3 aromatic rings. The molecule has 0 spiro atoms. The first-order chi connectivity index (χ1) is 16.5. The van der Waals surface area contributed by atoms with Crippen LogP contribution in [-0.4, -0.2) is 12.4 Å². The molecular weight excluding hydrogens is 495 g/mol. The van der Waals surface area contributed by atoms with Crippen molar-refractivity contribution < 1.29 is 13.9 Å². The summed E-state index contributed by atoms with van der Waals surface area (Å²) in [6, 6.07) is 20.6. The minimum Gasteiger partial charge on any atom is -0.494 e. The van der Waals surface area contributed by atoms with Crippen molar-refractivity contribution in [1.82, 2.24) is 0 Å². The van der Waals surface area contributed by atoms with Crippen molar-refractivity contribution in [3.05, 3.63) is 99.4 Å². The second-order valence-electron chi connectivity index (χ2n) is 8.76. The van der Waals surface area contributed by atoms with Gasteiger partial charge < -0.3 is 15.4 Å². The molecule has 1 aliphatic heterocycles. The Morgan fingerprint density at radius 3 is 2.47 bits per heavy atom. The van der Waals surface area contributed by atoms with Gasteiger partial charge in [-0.05, 0) is 82.2 Å². The molecule has 34 heavy (non-hydrogen) atoms. The molecule has 0 radical (unpaired) electrons. The number of carbonyl (C=O) groups is 1. The Bertz CT molecular complexity index is 1260. The number of nitrogens with one attached hydrogen (secondary N) is 2. The van der Waals surface area contributed by atoms with E-state index in [1.165, 1.54) is 6.07 Å². The van der Waals surface area contributed by atoms with Crippen molar-refractivity contribution in [3.8, 4) is 5.75 Å². The number of para-hydroxylation sites is 2. The zero-order chi connectivity index (χ0) is 23.7. The van der Waals surface area contributed by atoms with Crippen LogP contribution in [0.3, 0.4) is 0 Å². The molecule has 1 heterocycles. The molecule has 0 aromatic heterocycles. The van der Waals surface area contributed by atoms with Gasteiger partial charge in [-0.2, -0.15) is 0 Å². The van der Waals surface area contributed by atoms with Crippen LogP contribution in [0, 0.1) is 5.82 Å². The fraction of sp³-hybridized carbons (Fsp3) is 0.250. The summed E-state index contributed by atoms with van der Waals surface area (Å²) in [5.41, 5.74) is 5.42. The maximum atomic E-state index is 14.0. The van der Waals surface area contributed by atoms with Crippen LogP contribution in [-0.2, 0) is 4.79 Å². The molecule has 2 unspecified atom stereocenters.